The third kappa shape index (κ3) is 4.62. The summed E-state index contributed by atoms with van der Waals surface area (Å²) in [5.41, 5.74) is 4.86. The Morgan fingerprint density at radius 1 is 1.10 bits per heavy atom. The van der Waals surface area contributed by atoms with Crippen LogP contribution in [0.4, 0.5) is 5.69 Å². The van der Waals surface area contributed by atoms with Gasteiger partial charge in [-0.2, -0.15) is 0 Å². The molecule has 0 saturated carbocycles. The van der Waals surface area contributed by atoms with Gasteiger partial charge in [0.15, 0.2) is 5.76 Å². The number of Topliss-reactive ketones (excluding diaryl/α,β-unsaturated/α-hetero) is 1. The number of methoxy groups -OCH3 is 1. The summed E-state index contributed by atoms with van der Waals surface area (Å²) < 4.78 is 13.7. The number of aryl methyl sites for hydroxylation is 2. The number of ketones is 1. The lowest BCUT2D eigenvalue weighted by atomic mass is 9.99. The molecule has 8 heteroatoms. The van der Waals surface area contributed by atoms with Gasteiger partial charge in [0.25, 0.3) is 0 Å². The highest BCUT2D eigenvalue weighted by Crippen LogP contribution is 2.43. The molecule has 0 spiro atoms. The Balaban J connectivity index is 1.27. The second-order valence-corrected chi connectivity index (χ2v) is 10.6. The predicted octanol–water partition coefficient (Wildman–Crippen LogP) is 5.79. The number of phenolic OH excluding ortho intramolecular Hbond substituents is 1. The number of aromatic hydroxyl groups is 1. The zero-order chi connectivity index (χ0) is 27.3. The van der Waals surface area contributed by atoms with Crippen molar-refractivity contribution in [3.63, 3.8) is 0 Å². The van der Waals surface area contributed by atoms with Crippen LogP contribution in [-0.2, 0) is 13.6 Å². The maximum absolute atomic E-state index is 13.5. The normalized spacial score (nSPS) is 16.7. The number of anilines is 1. The maximum Gasteiger partial charge on any atom is 0.232 e. The first-order valence-electron chi connectivity index (χ1n) is 13.0. The Labute approximate surface area is 232 Å². The summed E-state index contributed by atoms with van der Waals surface area (Å²) >= 11 is 6.18. The average molecular weight is 544 g/mol. The number of phenols is 1. The molecule has 0 amide bonds. The first-order chi connectivity index (χ1) is 18.8. The quantitative estimate of drug-likeness (QED) is 0.321. The Bertz CT molecular complexity index is 1630. The predicted molar refractivity (Wildman–Crippen MR) is 154 cm³/mol. The molecule has 1 saturated heterocycles. The van der Waals surface area contributed by atoms with Gasteiger partial charge in [-0.1, -0.05) is 17.7 Å². The van der Waals surface area contributed by atoms with Crippen molar-refractivity contribution in [2.24, 2.45) is 7.05 Å². The van der Waals surface area contributed by atoms with Crippen LogP contribution < -0.4 is 14.4 Å². The van der Waals surface area contributed by atoms with E-state index in [1.54, 1.807) is 19.3 Å². The summed E-state index contributed by atoms with van der Waals surface area (Å²) in [5, 5.41) is 12.6. The van der Waals surface area contributed by atoms with Crippen LogP contribution in [0.15, 0.2) is 60.5 Å². The average Bonchev–Trinajstić information content (AvgIpc) is 3.42. The molecule has 0 aliphatic carbocycles. The van der Waals surface area contributed by atoms with Gasteiger partial charge in [0.2, 0.25) is 5.78 Å². The number of hydrogen-bond donors (Lipinski definition) is 1. The van der Waals surface area contributed by atoms with Gasteiger partial charge in [-0.3, -0.25) is 9.69 Å². The monoisotopic (exact) mass is 543 g/mol. The highest BCUT2D eigenvalue weighted by Gasteiger charge is 2.34. The summed E-state index contributed by atoms with van der Waals surface area (Å²) in [6.45, 7) is 5.62. The van der Waals surface area contributed by atoms with Gasteiger partial charge in [-0.15, -0.1) is 0 Å². The van der Waals surface area contributed by atoms with Crippen LogP contribution in [0.1, 0.15) is 27.0 Å². The molecule has 3 heterocycles. The van der Waals surface area contributed by atoms with E-state index in [1.165, 1.54) is 0 Å². The molecule has 6 rings (SSSR count). The Kier molecular flexibility index (Phi) is 6.49. The molecule has 7 nitrogen and oxygen atoms in total. The number of rotatable bonds is 5. The van der Waals surface area contributed by atoms with Gasteiger partial charge < -0.3 is 24.0 Å². The molecule has 1 N–H and O–H groups in total. The van der Waals surface area contributed by atoms with E-state index in [-0.39, 0.29) is 17.3 Å². The molecule has 0 unspecified atom stereocenters. The van der Waals surface area contributed by atoms with E-state index in [0.29, 0.717) is 29.0 Å². The molecule has 0 atom stereocenters. The van der Waals surface area contributed by atoms with Gasteiger partial charge in [0, 0.05) is 73.1 Å². The van der Waals surface area contributed by atoms with Gasteiger partial charge in [0.05, 0.1) is 18.2 Å². The smallest absolute Gasteiger partial charge is 0.232 e. The number of piperazine rings is 1. The van der Waals surface area contributed by atoms with Crippen molar-refractivity contribution < 1.29 is 19.4 Å². The SMILES string of the molecule is COc1ccc2c(c1)c(/C=C1/Oc3c(CN4CCN(c5cccc(Cl)c5)CC4)c(O)cc(C)c3C1=O)cn2C. The third-order valence-electron chi connectivity index (χ3n) is 7.66. The lowest BCUT2D eigenvalue weighted by Gasteiger charge is -2.36. The number of carbonyl (C=O) groups is 1. The Morgan fingerprint density at radius 3 is 2.64 bits per heavy atom. The minimum Gasteiger partial charge on any atom is -0.507 e. The Hall–Kier alpha value is -3.94. The van der Waals surface area contributed by atoms with E-state index in [0.717, 1.165) is 59.1 Å². The lowest BCUT2D eigenvalue weighted by Crippen LogP contribution is -2.46. The number of hydrogen-bond acceptors (Lipinski definition) is 6. The second-order valence-electron chi connectivity index (χ2n) is 10.2. The highest BCUT2D eigenvalue weighted by atomic mass is 35.5. The molecule has 2 aliphatic heterocycles. The zero-order valence-corrected chi connectivity index (χ0v) is 23.0. The first kappa shape index (κ1) is 25.3. The number of ether oxygens (including phenoxy) is 2. The van der Waals surface area contributed by atoms with Crippen molar-refractivity contribution in [1.29, 1.82) is 0 Å². The summed E-state index contributed by atoms with van der Waals surface area (Å²) in [7, 11) is 3.60. The maximum atomic E-state index is 13.5. The number of carbonyl (C=O) groups excluding carboxylic acids is 1. The number of halogens is 1. The van der Waals surface area contributed by atoms with Crippen LogP contribution in [0.5, 0.6) is 17.2 Å². The molecule has 3 aromatic carbocycles. The van der Waals surface area contributed by atoms with Gasteiger partial charge in [-0.25, -0.2) is 0 Å². The molecule has 2 aliphatic rings. The van der Waals surface area contributed by atoms with E-state index < -0.39 is 0 Å². The summed E-state index contributed by atoms with van der Waals surface area (Å²) in [6.07, 6.45) is 3.76. The minimum atomic E-state index is -0.172. The van der Waals surface area contributed by atoms with E-state index >= 15 is 0 Å². The minimum absolute atomic E-state index is 0.146. The van der Waals surface area contributed by atoms with Crippen LogP contribution in [0.25, 0.3) is 17.0 Å². The fourth-order valence-electron chi connectivity index (χ4n) is 5.58. The number of nitrogens with zero attached hydrogens (tertiary/aromatic N) is 3. The van der Waals surface area contributed by atoms with E-state index in [9.17, 15) is 9.90 Å². The van der Waals surface area contributed by atoms with Gasteiger partial charge in [-0.05, 0) is 61.0 Å². The molecule has 4 aromatic rings. The molecule has 1 aromatic heterocycles. The summed E-state index contributed by atoms with van der Waals surface area (Å²) in [6, 6.07) is 15.4. The topological polar surface area (TPSA) is 67.2 Å². The number of benzene rings is 3. The molecule has 39 heavy (non-hydrogen) atoms. The van der Waals surface area contributed by atoms with Gasteiger partial charge >= 0.3 is 0 Å². The van der Waals surface area contributed by atoms with Crippen LogP contribution >= 0.6 is 11.6 Å². The second kappa shape index (κ2) is 9.98. The van der Waals surface area contributed by atoms with Crippen LogP contribution in [0.3, 0.4) is 0 Å². The first-order valence-corrected chi connectivity index (χ1v) is 13.4. The van der Waals surface area contributed by atoms with Gasteiger partial charge in [0.1, 0.15) is 17.2 Å². The van der Waals surface area contributed by atoms with Crippen molar-refractivity contribution in [3.8, 4) is 17.2 Å². The fraction of sp³-hybridized carbons (Fsp3) is 0.258. The van der Waals surface area contributed by atoms with Crippen LogP contribution in [0, 0.1) is 6.92 Å². The lowest BCUT2D eigenvalue weighted by molar-refractivity contribution is 0.101. The summed E-state index contributed by atoms with van der Waals surface area (Å²) in [5.74, 6) is 1.43. The molecule has 200 valence electrons. The molecule has 0 radical (unpaired) electrons. The third-order valence-corrected chi connectivity index (χ3v) is 7.90. The molecular formula is C31H30ClN3O4. The fourth-order valence-corrected chi connectivity index (χ4v) is 5.76. The summed E-state index contributed by atoms with van der Waals surface area (Å²) in [4.78, 5) is 18.1. The molecule has 1 fully saturated rings. The van der Waals surface area contributed by atoms with Crippen molar-refractivity contribution in [2.45, 2.75) is 13.5 Å². The number of allylic oxidation sites excluding steroid dienone is 1. The van der Waals surface area contributed by atoms with Crippen LogP contribution in [0.2, 0.25) is 5.02 Å². The van der Waals surface area contributed by atoms with Crippen molar-refractivity contribution in [2.75, 3.05) is 38.2 Å². The van der Waals surface area contributed by atoms with E-state index in [2.05, 4.69) is 15.9 Å². The van der Waals surface area contributed by atoms with E-state index in [4.69, 9.17) is 21.1 Å². The number of aromatic nitrogens is 1. The zero-order valence-electron chi connectivity index (χ0n) is 22.2. The van der Waals surface area contributed by atoms with Crippen LogP contribution in [-0.4, -0.2) is 53.6 Å². The number of fused-ring (bicyclic) bond motifs is 2. The van der Waals surface area contributed by atoms with Crippen molar-refractivity contribution in [1.82, 2.24) is 9.47 Å². The van der Waals surface area contributed by atoms with E-state index in [1.807, 2.05) is 61.1 Å². The Morgan fingerprint density at radius 2 is 1.90 bits per heavy atom. The van der Waals surface area contributed by atoms with Crippen molar-refractivity contribution in [3.05, 3.63) is 87.8 Å². The van der Waals surface area contributed by atoms with Crippen molar-refractivity contribution >= 4 is 40.1 Å². The molecular weight excluding hydrogens is 514 g/mol. The highest BCUT2D eigenvalue weighted by molar-refractivity contribution is 6.30. The molecule has 0 bridgehead atoms. The standard InChI is InChI=1S/C31H30ClN3O4/c1-19-13-27(36)25(18-34-9-11-35(12-10-34)22-6-4-5-21(32)15-22)31-29(19)30(37)28(39-31)14-20-17-33(2)26-8-7-23(38-3)16-24(20)26/h4-8,13-17,36H,9-12,18H2,1-3H3/b28-14+. The largest absolute Gasteiger partial charge is 0.507 e.